The van der Waals surface area contributed by atoms with Gasteiger partial charge in [0.1, 0.15) is 0 Å². The first-order valence-corrected chi connectivity index (χ1v) is 5.83. The van der Waals surface area contributed by atoms with Gasteiger partial charge in [0, 0.05) is 10.9 Å². The summed E-state index contributed by atoms with van der Waals surface area (Å²) in [5.41, 5.74) is 3.49. The predicted octanol–water partition coefficient (Wildman–Crippen LogP) is 4.15. The SMILES string of the molecule is C/C=C/c1cccc(-c2csc(C)n2)c1. The summed E-state index contributed by atoms with van der Waals surface area (Å²) in [7, 11) is 0. The molecule has 0 bridgehead atoms. The van der Waals surface area contributed by atoms with Crippen LogP contribution in [0.1, 0.15) is 17.5 Å². The fourth-order valence-electron chi connectivity index (χ4n) is 1.49. The zero-order chi connectivity index (χ0) is 10.7. The average Bonchev–Trinajstić information content (AvgIpc) is 2.66. The summed E-state index contributed by atoms with van der Waals surface area (Å²) in [6, 6.07) is 8.43. The van der Waals surface area contributed by atoms with E-state index in [-0.39, 0.29) is 0 Å². The highest BCUT2D eigenvalue weighted by Gasteiger charge is 2.01. The first-order valence-electron chi connectivity index (χ1n) is 4.95. The average molecular weight is 215 g/mol. The van der Waals surface area contributed by atoms with E-state index in [9.17, 15) is 0 Å². The third-order valence-electron chi connectivity index (χ3n) is 2.16. The Morgan fingerprint density at radius 3 is 2.87 bits per heavy atom. The number of nitrogens with zero attached hydrogens (tertiary/aromatic N) is 1. The largest absolute Gasteiger partial charge is 0.242 e. The van der Waals surface area contributed by atoms with Crippen LogP contribution in [0.25, 0.3) is 17.3 Å². The van der Waals surface area contributed by atoms with Crippen LogP contribution in [0.3, 0.4) is 0 Å². The molecule has 0 radical (unpaired) electrons. The highest BCUT2D eigenvalue weighted by atomic mass is 32.1. The molecule has 0 fully saturated rings. The molecule has 2 aromatic rings. The van der Waals surface area contributed by atoms with Gasteiger partial charge in [-0.25, -0.2) is 4.98 Å². The normalized spacial score (nSPS) is 11.1. The fourth-order valence-corrected chi connectivity index (χ4v) is 2.11. The number of hydrogen-bond acceptors (Lipinski definition) is 2. The van der Waals surface area contributed by atoms with Crippen molar-refractivity contribution in [3.8, 4) is 11.3 Å². The van der Waals surface area contributed by atoms with Gasteiger partial charge < -0.3 is 0 Å². The molecule has 0 unspecified atom stereocenters. The summed E-state index contributed by atoms with van der Waals surface area (Å²) in [6.07, 6.45) is 4.15. The molecule has 0 aliphatic rings. The standard InChI is InChI=1S/C13H13NS/c1-3-5-11-6-4-7-12(8-11)13-9-15-10(2)14-13/h3-9H,1-2H3/b5-3+. The Morgan fingerprint density at radius 2 is 2.20 bits per heavy atom. The molecule has 1 nitrogen and oxygen atoms in total. The van der Waals surface area contributed by atoms with Crippen LogP contribution in [0.5, 0.6) is 0 Å². The third-order valence-corrected chi connectivity index (χ3v) is 2.93. The van der Waals surface area contributed by atoms with Crippen LogP contribution in [-0.2, 0) is 0 Å². The molecule has 2 rings (SSSR count). The lowest BCUT2D eigenvalue weighted by molar-refractivity contribution is 1.30. The van der Waals surface area contributed by atoms with Gasteiger partial charge in [-0.1, -0.05) is 30.4 Å². The number of allylic oxidation sites excluding steroid dienone is 1. The van der Waals surface area contributed by atoms with Gasteiger partial charge in [-0.05, 0) is 25.5 Å². The van der Waals surface area contributed by atoms with Gasteiger partial charge in [-0.3, -0.25) is 0 Å². The minimum Gasteiger partial charge on any atom is -0.242 e. The van der Waals surface area contributed by atoms with E-state index in [0.717, 1.165) is 10.7 Å². The molecule has 2 heteroatoms. The van der Waals surface area contributed by atoms with Crippen LogP contribution < -0.4 is 0 Å². The molecular formula is C13H13NS. The van der Waals surface area contributed by atoms with Gasteiger partial charge in [-0.2, -0.15) is 0 Å². The Balaban J connectivity index is 2.40. The zero-order valence-electron chi connectivity index (χ0n) is 8.90. The van der Waals surface area contributed by atoms with Gasteiger partial charge in [0.25, 0.3) is 0 Å². The van der Waals surface area contributed by atoms with E-state index in [1.165, 1.54) is 11.1 Å². The maximum absolute atomic E-state index is 4.48. The van der Waals surface area contributed by atoms with Crippen LogP contribution in [0.4, 0.5) is 0 Å². The van der Waals surface area contributed by atoms with E-state index in [4.69, 9.17) is 0 Å². The zero-order valence-corrected chi connectivity index (χ0v) is 9.71. The highest BCUT2D eigenvalue weighted by molar-refractivity contribution is 7.09. The van der Waals surface area contributed by atoms with Gasteiger partial charge in [0.05, 0.1) is 10.7 Å². The van der Waals surface area contributed by atoms with Gasteiger partial charge in [0.2, 0.25) is 0 Å². The van der Waals surface area contributed by atoms with Crippen molar-refractivity contribution in [3.63, 3.8) is 0 Å². The van der Waals surface area contributed by atoms with Gasteiger partial charge in [0.15, 0.2) is 0 Å². The molecule has 0 spiro atoms. The summed E-state index contributed by atoms with van der Waals surface area (Å²) in [4.78, 5) is 4.48. The van der Waals surface area contributed by atoms with Gasteiger partial charge in [-0.15, -0.1) is 11.3 Å². The summed E-state index contributed by atoms with van der Waals surface area (Å²) < 4.78 is 0. The van der Waals surface area contributed by atoms with Gasteiger partial charge >= 0.3 is 0 Å². The minimum atomic E-state index is 1.07. The number of aromatic nitrogens is 1. The van der Waals surface area contributed by atoms with Crippen LogP contribution in [0, 0.1) is 6.92 Å². The maximum Gasteiger partial charge on any atom is 0.0901 e. The Bertz CT molecular complexity index is 483. The summed E-state index contributed by atoms with van der Waals surface area (Å²) >= 11 is 1.69. The number of rotatable bonds is 2. The number of hydrogen-bond donors (Lipinski definition) is 0. The predicted molar refractivity (Wildman–Crippen MR) is 67.0 cm³/mol. The van der Waals surface area contributed by atoms with Crippen molar-refractivity contribution in [2.75, 3.05) is 0 Å². The number of thiazole rings is 1. The smallest absolute Gasteiger partial charge is 0.0901 e. The van der Waals surface area contributed by atoms with Crippen molar-refractivity contribution in [3.05, 3.63) is 46.3 Å². The summed E-state index contributed by atoms with van der Waals surface area (Å²) in [5.74, 6) is 0. The highest BCUT2D eigenvalue weighted by Crippen LogP contribution is 2.22. The lowest BCUT2D eigenvalue weighted by Crippen LogP contribution is -1.79. The molecule has 0 amide bonds. The lowest BCUT2D eigenvalue weighted by Gasteiger charge is -1.98. The molecule has 0 N–H and O–H groups in total. The second-order valence-electron chi connectivity index (χ2n) is 3.38. The van der Waals surface area contributed by atoms with Crippen molar-refractivity contribution < 1.29 is 0 Å². The van der Waals surface area contributed by atoms with E-state index in [0.29, 0.717) is 0 Å². The molecule has 0 aliphatic carbocycles. The molecular weight excluding hydrogens is 202 g/mol. The maximum atomic E-state index is 4.48. The van der Waals surface area contributed by atoms with E-state index in [1.54, 1.807) is 11.3 Å². The Labute approximate surface area is 94.1 Å². The minimum absolute atomic E-state index is 1.07. The van der Waals surface area contributed by atoms with Crippen LogP contribution in [0.2, 0.25) is 0 Å². The summed E-state index contributed by atoms with van der Waals surface area (Å²) in [5, 5.41) is 3.21. The Hall–Kier alpha value is -1.41. The second-order valence-corrected chi connectivity index (χ2v) is 4.44. The molecule has 1 heterocycles. The quantitative estimate of drug-likeness (QED) is 0.733. The van der Waals surface area contributed by atoms with E-state index in [1.807, 2.05) is 19.9 Å². The van der Waals surface area contributed by atoms with Crippen LogP contribution in [-0.4, -0.2) is 4.98 Å². The summed E-state index contributed by atoms with van der Waals surface area (Å²) in [6.45, 7) is 4.06. The third kappa shape index (κ3) is 2.34. The fraction of sp³-hybridized carbons (Fsp3) is 0.154. The van der Waals surface area contributed by atoms with Crippen molar-refractivity contribution in [2.24, 2.45) is 0 Å². The number of aryl methyl sites for hydroxylation is 1. The second kappa shape index (κ2) is 4.41. The first-order chi connectivity index (χ1) is 7.29. The van der Waals surface area contributed by atoms with Crippen molar-refractivity contribution in [2.45, 2.75) is 13.8 Å². The van der Waals surface area contributed by atoms with Crippen LogP contribution >= 0.6 is 11.3 Å². The van der Waals surface area contributed by atoms with Crippen molar-refractivity contribution in [1.82, 2.24) is 4.98 Å². The lowest BCUT2D eigenvalue weighted by atomic mass is 10.1. The molecule has 1 aromatic carbocycles. The molecule has 0 aliphatic heterocycles. The van der Waals surface area contributed by atoms with E-state index >= 15 is 0 Å². The molecule has 76 valence electrons. The first kappa shape index (κ1) is 10.1. The molecule has 0 saturated carbocycles. The van der Waals surface area contributed by atoms with Crippen molar-refractivity contribution >= 4 is 17.4 Å². The Morgan fingerprint density at radius 1 is 1.33 bits per heavy atom. The van der Waals surface area contributed by atoms with Crippen LogP contribution in [0.15, 0.2) is 35.7 Å². The molecule has 0 saturated heterocycles. The monoisotopic (exact) mass is 215 g/mol. The van der Waals surface area contributed by atoms with E-state index < -0.39 is 0 Å². The number of benzene rings is 1. The van der Waals surface area contributed by atoms with E-state index in [2.05, 4.69) is 40.7 Å². The molecule has 15 heavy (non-hydrogen) atoms. The van der Waals surface area contributed by atoms with Crippen molar-refractivity contribution in [1.29, 1.82) is 0 Å². The topological polar surface area (TPSA) is 12.9 Å². The Kier molecular flexibility index (Phi) is 2.97. The molecule has 1 aromatic heterocycles. The molecule has 0 atom stereocenters.